The highest BCUT2D eigenvalue weighted by Gasteiger charge is 2.41. The number of anilines is 2. The Morgan fingerprint density at radius 1 is 1.00 bits per heavy atom. The van der Waals surface area contributed by atoms with Crippen molar-refractivity contribution < 1.29 is 9.59 Å². The predicted molar refractivity (Wildman–Crippen MR) is 108 cm³/mol. The number of rotatable bonds is 3. The van der Waals surface area contributed by atoms with E-state index in [4.69, 9.17) is 0 Å². The van der Waals surface area contributed by atoms with Crippen LogP contribution in [0.5, 0.6) is 0 Å². The van der Waals surface area contributed by atoms with E-state index in [2.05, 4.69) is 15.5 Å². The SMILES string of the molecule is O=C(NC1CC2C(=O)Nc3ccccc3N2C1)c1ccc(-n2cccc2)cc1. The van der Waals surface area contributed by atoms with Crippen LogP contribution in [0.15, 0.2) is 73.1 Å². The average Bonchev–Trinajstić information content (AvgIpc) is 3.39. The van der Waals surface area contributed by atoms with Gasteiger partial charge in [-0.05, 0) is 55.0 Å². The van der Waals surface area contributed by atoms with Crippen LogP contribution in [0.25, 0.3) is 5.69 Å². The van der Waals surface area contributed by atoms with Gasteiger partial charge in [-0.2, -0.15) is 0 Å². The first-order valence-electron chi connectivity index (χ1n) is 9.40. The molecule has 5 rings (SSSR count). The monoisotopic (exact) mass is 372 g/mol. The van der Waals surface area contributed by atoms with Crippen LogP contribution in [0.4, 0.5) is 11.4 Å². The summed E-state index contributed by atoms with van der Waals surface area (Å²) in [5, 5.41) is 6.05. The molecule has 28 heavy (non-hydrogen) atoms. The van der Waals surface area contributed by atoms with E-state index in [1.165, 1.54) is 0 Å². The van der Waals surface area contributed by atoms with E-state index in [9.17, 15) is 9.59 Å². The predicted octanol–water partition coefficient (Wildman–Crippen LogP) is 2.81. The summed E-state index contributed by atoms with van der Waals surface area (Å²) in [6.45, 7) is 0.627. The highest BCUT2D eigenvalue weighted by atomic mass is 16.2. The number of fused-ring (bicyclic) bond motifs is 3. The lowest BCUT2D eigenvalue weighted by atomic mass is 10.1. The highest BCUT2D eigenvalue weighted by molar-refractivity contribution is 6.04. The molecule has 3 aromatic rings. The zero-order valence-corrected chi connectivity index (χ0v) is 15.2. The van der Waals surface area contributed by atoms with Gasteiger partial charge in [0.2, 0.25) is 5.91 Å². The Labute approximate surface area is 162 Å². The molecule has 0 saturated carbocycles. The summed E-state index contributed by atoms with van der Waals surface area (Å²) in [6, 6.07) is 18.9. The van der Waals surface area contributed by atoms with Crippen LogP contribution >= 0.6 is 0 Å². The fourth-order valence-corrected chi connectivity index (χ4v) is 4.06. The van der Waals surface area contributed by atoms with Crippen molar-refractivity contribution in [2.24, 2.45) is 0 Å². The highest BCUT2D eigenvalue weighted by Crippen LogP contribution is 2.36. The second-order valence-electron chi connectivity index (χ2n) is 7.22. The molecular formula is C22H20N4O2. The summed E-state index contributed by atoms with van der Waals surface area (Å²) in [6.07, 6.45) is 4.53. The molecule has 2 N–H and O–H groups in total. The van der Waals surface area contributed by atoms with Gasteiger partial charge in [-0.1, -0.05) is 12.1 Å². The number of aromatic nitrogens is 1. The maximum Gasteiger partial charge on any atom is 0.251 e. The van der Waals surface area contributed by atoms with E-state index in [-0.39, 0.29) is 23.9 Å². The van der Waals surface area contributed by atoms with Crippen LogP contribution in [-0.2, 0) is 4.79 Å². The fourth-order valence-electron chi connectivity index (χ4n) is 4.06. The fraction of sp³-hybridized carbons (Fsp3) is 0.182. The minimum Gasteiger partial charge on any atom is -0.356 e. The Morgan fingerprint density at radius 2 is 1.75 bits per heavy atom. The van der Waals surface area contributed by atoms with Crippen LogP contribution in [-0.4, -0.2) is 35.0 Å². The van der Waals surface area contributed by atoms with Crippen LogP contribution in [0, 0.1) is 0 Å². The molecule has 0 spiro atoms. The summed E-state index contributed by atoms with van der Waals surface area (Å²) in [5.41, 5.74) is 3.47. The molecule has 1 fully saturated rings. The van der Waals surface area contributed by atoms with E-state index in [1.54, 1.807) is 0 Å². The molecule has 2 aliphatic rings. The molecule has 2 atom stereocenters. The summed E-state index contributed by atoms with van der Waals surface area (Å²) in [7, 11) is 0. The summed E-state index contributed by atoms with van der Waals surface area (Å²) < 4.78 is 1.99. The largest absolute Gasteiger partial charge is 0.356 e. The van der Waals surface area contributed by atoms with Crippen LogP contribution in [0.1, 0.15) is 16.8 Å². The number of hydrogen-bond acceptors (Lipinski definition) is 3. The zero-order valence-electron chi connectivity index (χ0n) is 15.2. The van der Waals surface area contributed by atoms with Crippen molar-refractivity contribution in [2.75, 3.05) is 16.8 Å². The number of nitrogens with one attached hydrogen (secondary N) is 2. The molecule has 3 heterocycles. The standard InChI is InChI=1S/C22H20N4O2/c27-21(15-7-9-17(10-8-15)25-11-3-4-12-25)23-16-13-20-22(28)24-18-5-1-2-6-19(18)26(20)14-16/h1-12,16,20H,13-14H2,(H,23,27)(H,24,28). The molecule has 2 unspecified atom stereocenters. The van der Waals surface area contributed by atoms with Gasteiger partial charge in [0.1, 0.15) is 6.04 Å². The Kier molecular flexibility index (Phi) is 3.90. The van der Waals surface area contributed by atoms with Crippen molar-refractivity contribution in [2.45, 2.75) is 18.5 Å². The van der Waals surface area contributed by atoms with Gasteiger partial charge < -0.3 is 20.1 Å². The molecule has 6 nitrogen and oxygen atoms in total. The van der Waals surface area contributed by atoms with E-state index >= 15 is 0 Å². The van der Waals surface area contributed by atoms with E-state index in [0.717, 1.165) is 17.1 Å². The lowest BCUT2D eigenvalue weighted by Crippen LogP contribution is -2.44. The van der Waals surface area contributed by atoms with E-state index < -0.39 is 0 Å². The Balaban J connectivity index is 1.30. The minimum absolute atomic E-state index is 0.00785. The van der Waals surface area contributed by atoms with Crippen molar-refractivity contribution in [3.8, 4) is 5.69 Å². The van der Waals surface area contributed by atoms with Gasteiger partial charge in [-0.25, -0.2) is 0 Å². The van der Waals surface area contributed by atoms with Crippen molar-refractivity contribution in [3.63, 3.8) is 0 Å². The van der Waals surface area contributed by atoms with Gasteiger partial charge >= 0.3 is 0 Å². The average molecular weight is 372 g/mol. The van der Waals surface area contributed by atoms with E-state index in [0.29, 0.717) is 18.5 Å². The lowest BCUT2D eigenvalue weighted by Gasteiger charge is -2.32. The molecule has 0 bridgehead atoms. The molecule has 140 valence electrons. The Morgan fingerprint density at radius 3 is 2.54 bits per heavy atom. The summed E-state index contributed by atoms with van der Waals surface area (Å²) >= 11 is 0. The third kappa shape index (κ3) is 2.83. The normalized spacial score (nSPS) is 20.3. The number of nitrogens with zero attached hydrogens (tertiary/aromatic N) is 2. The van der Waals surface area contributed by atoms with Crippen molar-refractivity contribution >= 4 is 23.2 Å². The topological polar surface area (TPSA) is 66.4 Å². The van der Waals surface area contributed by atoms with Gasteiger partial charge in [0.15, 0.2) is 0 Å². The second kappa shape index (κ2) is 6.56. The van der Waals surface area contributed by atoms with Crippen molar-refractivity contribution in [1.29, 1.82) is 0 Å². The summed E-state index contributed by atoms with van der Waals surface area (Å²) in [5.74, 6) is -0.121. The number of amides is 2. The van der Waals surface area contributed by atoms with Crippen molar-refractivity contribution in [1.82, 2.24) is 9.88 Å². The second-order valence-corrected chi connectivity index (χ2v) is 7.22. The number of benzene rings is 2. The first-order valence-corrected chi connectivity index (χ1v) is 9.40. The quantitative estimate of drug-likeness (QED) is 0.743. The minimum atomic E-state index is -0.240. The molecule has 2 aliphatic heterocycles. The number of para-hydroxylation sites is 2. The van der Waals surface area contributed by atoms with Crippen molar-refractivity contribution in [3.05, 3.63) is 78.6 Å². The Bertz CT molecular complexity index is 1030. The van der Waals surface area contributed by atoms with Gasteiger partial charge in [0.25, 0.3) is 5.91 Å². The smallest absolute Gasteiger partial charge is 0.251 e. The molecule has 1 saturated heterocycles. The van der Waals surface area contributed by atoms with E-state index in [1.807, 2.05) is 77.6 Å². The van der Waals surface area contributed by atoms with Gasteiger partial charge in [0.05, 0.1) is 11.4 Å². The molecule has 6 heteroatoms. The number of carbonyl (C=O) groups is 2. The maximum absolute atomic E-state index is 12.7. The molecular weight excluding hydrogens is 352 g/mol. The van der Waals surface area contributed by atoms with Crippen LogP contribution < -0.4 is 15.5 Å². The first kappa shape index (κ1) is 16.6. The summed E-state index contributed by atoms with van der Waals surface area (Å²) in [4.78, 5) is 27.2. The van der Waals surface area contributed by atoms with Crippen LogP contribution in [0.2, 0.25) is 0 Å². The number of hydrogen-bond donors (Lipinski definition) is 2. The maximum atomic E-state index is 12.7. The molecule has 0 radical (unpaired) electrons. The molecule has 0 aliphatic carbocycles. The molecule has 2 amide bonds. The number of carbonyl (C=O) groups excluding carboxylic acids is 2. The zero-order chi connectivity index (χ0) is 19.1. The third-order valence-electron chi connectivity index (χ3n) is 5.44. The Hall–Kier alpha value is -3.54. The molecule has 2 aromatic carbocycles. The van der Waals surface area contributed by atoms with Crippen LogP contribution in [0.3, 0.4) is 0 Å². The first-order chi connectivity index (χ1) is 13.7. The third-order valence-corrected chi connectivity index (χ3v) is 5.44. The lowest BCUT2D eigenvalue weighted by molar-refractivity contribution is -0.117. The molecule has 1 aromatic heterocycles. The van der Waals surface area contributed by atoms with Gasteiger partial charge in [-0.15, -0.1) is 0 Å². The van der Waals surface area contributed by atoms with Gasteiger partial charge in [0, 0.05) is 36.2 Å². The van der Waals surface area contributed by atoms with Gasteiger partial charge in [-0.3, -0.25) is 9.59 Å².